The quantitative estimate of drug-likeness (QED) is 0.893. The van der Waals surface area contributed by atoms with Crippen molar-refractivity contribution in [1.29, 1.82) is 0 Å². The second-order valence-electron chi connectivity index (χ2n) is 4.07. The van der Waals surface area contributed by atoms with Gasteiger partial charge in [-0.2, -0.15) is 0 Å². The van der Waals surface area contributed by atoms with Crippen molar-refractivity contribution in [3.05, 3.63) is 42.7 Å². The van der Waals surface area contributed by atoms with Crippen molar-refractivity contribution in [3.8, 4) is 0 Å². The summed E-state index contributed by atoms with van der Waals surface area (Å²) in [6.07, 6.45) is 4.64. The average Bonchev–Trinajstić information content (AvgIpc) is 2.74. The summed E-state index contributed by atoms with van der Waals surface area (Å²) in [5, 5.41) is 3.15. The number of sulfone groups is 1. The van der Waals surface area contributed by atoms with Crippen molar-refractivity contribution in [2.75, 3.05) is 17.3 Å². The molecule has 1 N–H and O–H groups in total. The van der Waals surface area contributed by atoms with Crippen LogP contribution < -0.4 is 5.32 Å². The van der Waals surface area contributed by atoms with E-state index in [0.29, 0.717) is 12.5 Å². The second kappa shape index (κ2) is 5.22. The van der Waals surface area contributed by atoms with Gasteiger partial charge in [-0.15, -0.1) is 0 Å². The first kappa shape index (κ1) is 12.6. The zero-order valence-corrected chi connectivity index (χ0v) is 10.9. The molecule has 2 aromatic rings. The lowest BCUT2D eigenvalue weighted by Gasteiger charge is -2.09. The lowest BCUT2D eigenvalue weighted by atomic mass is 10.3. The largest absolute Gasteiger partial charge is 0.326 e. The van der Waals surface area contributed by atoms with Gasteiger partial charge in [0.25, 0.3) is 0 Å². The van der Waals surface area contributed by atoms with Gasteiger partial charge in [0.05, 0.1) is 5.75 Å². The highest BCUT2D eigenvalue weighted by atomic mass is 32.2. The molecule has 0 unspecified atom stereocenters. The van der Waals surface area contributed by atoms with Crippen LogP contribution >= 0.6 is 0 Å². The third-order valence-corrected chi connectivity index (χ3v) is 3.37. The second-order valence-corrected chi connectivity index (χ2v) is 6.32. The van der Waals surface area contributed by atoms with Crippen LogP contribution in [-0.2, 0) is 16.4 Å². The molecule has 0 aliphatic carbocycles. The van der Waals surface area contributed by atoms with Crippen LogP contribution in [0.3, 0.4) is 0 Å². The van der Waals surface area contributed by atoms with Crippen LogP contribution in [0.5, 0.6) is 0 Å². The van der Waals surface area contributed by atoms with E-state index in [4.69, 9.17) is 0 Å². The minimum absolute atomic E-state index is 0.104. The van der Waals surface area contributed by atoms with Gasteiger partial charge in [0, 0.05) is 30.9 Å². The third kappa shape index (κ3) is 3.59. The van der Waals surface area contributed by atoms with E-state index in [2.05, 4.69) is 10.3 Å². The number of rotatable bonds is 5. The molecule has 0 aliphatic rings. The summed E-state index contributed by atoms with van der Waals surface area (Å²) < 4.78 is 24.1. The molecule has 0 spiro atoms. The summed E-state index contributed by atoms with van der Waals surface area (Å²) in [6.45, 7) is 0.397. The number of imidazole rings is 1. The third-order valence-electron chi connectivity index (χ3n) is 2.45. The molecule has 96 valence electrons. The minimum atomic E-state index is -2.97. The normalized spacial score (nSPS) is 11.4. The molecule has 1 heterocycles. The Kier molecular flexibility index (Phi) is 3.66. The van der Waals surface area contributed by atoms with Crippen LogP contribution in [0.1, 0.15) is 0 Å². The molecular formula is C12H15N3O2S. The highest BCUT2D eigenvalue weighted by Crippen LogP contribution is 2.14. The summed E-state index contributed by atoms with van der Waals surface area (Å²) >= 11 is 0. The van der Waals surface area contributed by atoms with Crippen LogP contribution in [0, 0.1) is 0 Å². The van der Waals surface area contributed by atoms with Crippen molar-refractivity contribution in [2.24, 2.45) is 0 Å². The van der Waals surface area contributed by atoms with Crippen LogP contribution in [0.4, 0.5) is 11.6 Å². The fourth-order valence-electron chi connectivity index (χ4n) is 1.53. The maximum atomic E-state index is 11.1. The Morgan fingerprint density at radius 3 is 2.67 bits per heavy atom. The Morgan fingerprint density at radius 2 is 2.00 bits per heavy atom. The molecule has 2 rings (SSSR count). The van der Waals surface area contributed by atoms with E-state index in [1.165, 1.54) is 6.26 Å². The summed E-state index contributed by atoms with van der Waals surface area (Å²) in [6, 6.07) is 9.63. The maximum absolute atomic E-state index is 11.1. The van der Waals surface area contributed by atoms with E-state index < -0.39 is 9.84 Å². The van der Waals surface area contributed by atoms with Crippen LogP contribution in [-0.4, -0.2) is 30.0 Å². The van der Waals surface area contributed by atoms with Gasteiger partial charge in [-0.3, -0.25) is 0 Å². The summed E-state index contributed by atoms with van der Waals surface area (Å²) in [4.78, 5) is 4.17. The summed E-state index contributed by atoms with van der Waals surface area (Å²) in [5.41, 5.74) is 0.921. The number of nitrogens with one attached hydrogen (secondary N) is 1. The number of hydrogen-bond acceptors (Lipinski definition) is 4. The average molecular weight is 265 g/mol. The van der Waals surface area contributed by atoms with E-state index in [-0.39, 0.29) is 5.75 Å². The molecule has 0 saturated heterocycles. The van der Waals surface area contributed by atoms with Gasteiger partial charge in [-0.25, -0.2) is 13.4 Å². The maximum Gasteiger partial charge on any atom is 0.207 e. The van der Waals surface area contributed by atoms with E-state index in [1.54, 1.807) is 17.0 Å². The first-order valence-electron chi connectivity index (χ1n) is 5.55. The predicted octanol–water partition coefficient (Wildman–Crippen LogP) is 1.67. The van der Waals surface area contributed by atoms with E-state index in [1.807, 2.05) is 30.3 Å². The highest BCUT2D eigenvalue weighted by molar-refractivity contribution is 7.90. The Morgan fingerprint density at radius 1 is 1.28 bits per heavy atom. The number of benzene rings is 1. The zero-order chi connectivity index (χ0) is 13.0. The van der Waals surface area contributed by atoms with Crippen molar-refractivity contribution in [3.63, 3.8) is 0 Å². The van der Waals surface area contributed by atoms with Gasteiger partial charge < -0.3 is 9.88 Å². The SMILES string of the molecule is CS(=O)(=O)CCn1ccnc1Nc1ccccc1. The van der Waals surface area contributed by atoms with Crippen molar-refractivity contribution >= 4 is 21.5 Å². The van der Waals surface area contributed by atoms with Crippen molar-refractivity contribution in [2.45, 2.75) is 6.54 Å². The molecule has 18 heavy (non-hydrogen) atoms. The molecule has 6 heteroatoms. The van der Waals surface area contributed by atoms with Gasteiger partial charge in [0.1, 0.15) is 9.84 Å². The van der Waals surface area contributed by atoms with Crippen LogP contribution in [0.15, 0.2) is 42.7 Å². The number of aromatic nitrogens is 2. The van der Waals surface area contributed by atoms with E-state index in [9.17, 15) is 8.42 Å². The summed E-state index contributed by atoms with van der Waals surface area (Å²) in [5.74, 6) is 0.747. The van der Waals surface area contributed by atoms with E-state index >= 15 is 0 Å². The first-order valence-corrected chi connectivity index (χ1v) is 7.61. The number of anilines is 2. The Balaban J connectivity index is 2.09. The molecule has 0 radical (unpaired) electrons. The van der Waals surface area contributed by atoms with Gasteiger partial charge >= 0.3 is 0 Å². The molecule has 1 aromatic carbocycles. The van der Waals surface area contributed by atoms with Crippen LogP contribution in [0.2, 0.25) is 0 Å². The molecule has 5 nitrogen and oxygen atoms in total. The first-order chi connectivity index (χ1) is 8.54. The van der Waals surface area contributed by atoms with Gasteiger partial charge in [0.15, 0.2) is 0 Å². The minimum Gasteiger partial charge on any atom is -0.326 e. The van der Waals surface area contributed by atoms with Gasteiger partial charge in [-0.1, -0.05) is 18.2 Å². The fourth-order valence-corrected chi connectivity index (χ4v) is 2.06. The van der Waals surface area contributed by atoms with E-state index in [0.717, 1.165) is 5.69 Å². The molecular weight excluding hydrogens is 250 g/mol. The Bertz CT molecular complexity index is 605. The number of aryl methyl sites for hydroxylation is 1. The smallest absolute Gasteiger partial charge is 0.207 e. The van der Waals surface area contributed by atoms with Crippen molar-refractivity contribution < 1.29 is 8.42 Å². The molecule has 0 aliphatic heterocycles. The van der Waals surface area contributed by atoms with Crippen LogP contribution in [0.25, 0.3) is 0 Å². The predicted molar refractivity (Wildman–Crippen MR) is 71.7 cm³/mol. The monoisotopic (exact) mass is 265 g/mol. The summed E-state index contributed by atoms with van der Waals surface area (Å²) in [7, 11) is -2.97. The molecule has 0 fully saturated rings. The lowest BCUT2D eigenvalue weighted by molar-refractivity contribution is 0.595. The topological polar surface area (TPSA) is 64.0 Å². The standard InChI is InChI=1S/C12H15N3O2S/c1-18(16,17)10-9-15-8-7-13-12(15)14-11-5-3-2-4-6-11/h2-8H,9-10H2,1H3,(H,13,14). The number of hydrogen-bond donors (Lipinski definition) is 1. The highest BCUT2D eigenvalue weighted by Gasteiger charge is 2.06. The Labute approximate surface area is 106 Å². The number of nitrogens with zero attached hydrogens (tertiary/aromatic N) is 2. The van der Waals surface area contributed by atoms with Crippen molar-refractivity contribution in [1.82, 2.24) is 9.55 Å². The lowest BCUT2D eigenvalue weighted by Crippen LogP contribution is -2.12. The Hall–Kier alpha value is -1.82. The number of para-hydroxylation sites is 1. The van der Waals surface area contributed by atoms with Gasteiger partial charge in [-0.05, 0) is 12.1 Å². The van der Waals surface area contributed by atoms with Gasteiger partial charge in [0.2, 0.25) is 5.95 Å². The fraction of sp³-hybridized carbons (Fsp3) is 0.250. The molecule has 1 aromatic heterocycles. The molecule has 0 saturated carbocycles. The zero-order valence-electron chi connectivity index (χ0n) is 10.1. The molecule has 0 bridgehead atoms. The molecule has 0 atom stereocenters. The molecule has 0 amide bonds.